The second-order valence-corrected chi connectivity index (χ2v) is 4.51. The molecule has 5 N–H and O–H groups in total. The van der Waals surface area contributed by atoms with Gasteiger partial charge in [0.1, 0.15) is 0 Å². The first-order chi connectivity index (χ1) is 9.06. The number of primary amides is 1. The van der Waals surface area contributed by atoms with Crippen LogP contribution in [0.1, 0.15) is 21.5 Å². The Kier molecular flexibility index (Phi) is 3.71. The standard InChI is InChI=1S/C15H17N3O/c1-10-3-2-4-11(7-10)9-18-12-5-6-14(16)13(8-12)15(17)19/h2-8,18H,9,16H2,1H3,(H2,17,19). The quantitative estimate of drug-likeness (QED) is 0.733. The van der Waals surface area contributed by atoms with Crippen LogP contribution in [0.15, 0.2) is 42.5 Å². The van der Waals surface area contributed by atoms with Gasteiger partial charge in [-0.05, 0) is 30.7 Å². The molecule has 4 nitrogen and oxygen atoms in total. The van der Waals surface area contributed by atoms with Gasteiger partial charge in [-0.25, -0.2) is 0 Å². The Labute approximate surface area is 112 Å². The molecule has 0 heterocycles. The predicted molar refractivity (Wildman–Crippen MR) is 77.9 cm³/mol. The van der Waals surface area contributed by atoms with Gasteiger partial charge in [-0.3, -0.25) is 4.79 Å². The van der Waals surface area contributed by atoms with E-state index < -0.39 is 5.91 Å². The summed E-state index contributed by atoms with van der Waals surface area (Å²) in [4.78, 5) is 11.2. The molecule has 0 aliphatic carbocycles. The largest absolute Gasteiger partial charge is 0.398 e. The zero-order valence-corrected chi connectivity index (χ0v) is 10.8. The number of amides is 1. The number of hydrogen-bond donors (Lipinski definition) is 3. The van der Waals surface area contributed by atoms with Crippen LogP contribution in [0.5, 0.6) is 0 Å². The lowest BCUT2D eigenvalue weighted by atomic mass is 10.1. The minimum absolute atomic E-state index is 0.342. The molecule has 0 fully saturated rings. The van der Waals surface area contributed by atoms with Crippen molar-refractivity contribution in [2.45, 2.75) is 13.5 Å². The van der Waals surface area contributed by atoms with Crippen LogP contribution >= 0.6 is 0 Å². The molecule has 0 aliphatic heterocycles. The molecule has 98 valence electrons. The molecule has 0 saturated heterocycles. The van der Waals surface area contributed by atoms with Crippen LogP contribution in [0, 0.1) is 6.92 Å². The Morgan fingerprint density at radius 1 is 1.21 bits per heavy atom. The number of rotatable bonds is 4. The van der Waals surface area contributed by atoms with Crippen molar-refractivity contribution < 1.29 is 4.79 Å². The lowest BCUT2D eigenvalue weighted by Crippen LogP contribution is -2.14. The van der Waals surface area contributed by atoms with Gasteiger partial charge >= 0.3 is 0 Å². The molecule has 1 amide bonds. The maximum absolute atomic E-state index is 11.2. The van der Waals surface area contributed by atoms with E-state index in [0.29, 0.717) is 17.8 Å². The third-order valence-corrected chi connectivity index (χ3v) is 2.90. The summed E-state index contributed by atoms with van der Waals surface area (Å²) in [7, 11) is 0. The van der Waals surface area contributed by atoms with Gasteiger partial charge in [-0.2, -0.15) is 0 Å². The van der Waals surface area contributed by atoms with Crippen molar-refractivity contribution in [1.82, 2.24) is 0 Å². The van der Waals surface area contributed by atoms with E-state index in [9.17, 15) is 4.79 Å². The van der Waals surface area contributed by atoms with Crippen molar-refractivity contribution in [1.29, 1.82) is 0 Å². The molecule has 2 aromatic carbocycles. The molecule has 0 radical (unpaired) electrons. The minimum Gasteiger partial charge on any atom is -0.398 e. The van der Waals surface area contributed by atoms with Gasteiger partial charge in [-0.1, -0.05) is 29.8 Å². The summed E-state index contributed by atoms with van der Waals surface area (Å²) in [5.74, 6) is -0.517. The van der Waals surface area contributed by atoms with E-state index in [-0.39, 0.29) is 0 Å². The van der Waals surface area contributed by atoms with Gasteiger partial charge in [0.15, 0.2) is 0 Å². The van der Waals surface area contributed by atoms with Crippen molar-refractivity contribution in [2.75, 3.05) is 11.1 Å². The van der Waals surface area contributed by atoms with Crippen LogP contribution in [0.2, 0.25) is 0 Å². The summed E-state index contributed by atoms with van der Waals surface area (Å²) in [6, 6.07) is 13.4. The normalized spacial score (nSPS) is 10.2. The third-order valence-electron chi connectivity index (χ3n) is 2.90. The number of aryl methyl sites for hydroxylation is 1. The molecule has 4 heteroatoms. The number of nitrogen functional groups attached to an aromatic ring is 1. The van der Waals surface area contributed by atoms with Crippen molar-refractivity contribution >= 4 is 17.3 Å². The van der Waals surface area contributed by atoms with E-state index in [0.717, 1.165) is 5.69 Å². The van der Waals surface area contributed by atoms with Crippen LogP contribution in [0.25, 0.3) is 0 Å². The van der Waals surface area contributed by atoms with Gasteiger partial charge in [0.05, 0.1) is 5.56 Å². The molecule has 0 spiro atoms. The van der Waals surface area contributed by atoms with E-state index >= 15 is 0 Å². The van der Waals surface area contributed by atoms with Crippen molar-refractivity contribution in [3.8, 4) is 0 Å². The van der Waals surface area contributed by atoms with Gasteiger partial charge in [0.2, 0.25) is 0 Å². The number of carbonyl (C=O) groups excluding carboxylic acids is 1. The van der Waals surface area contributed by atoms with Crippen LogP contribution in [-0.4, -0.2) is 5.91 Å². The second-order valence-electron chi connectivity index (χ2n) is 4.51. The lowest BCUT2D eigenvalue weighted by Gasteiger charge is -2.09. The zero-order chi connectivity index (χ0) is 13.8. The Morgan fingerprint density at radius 2 is 2.00 bits per heavy atom. The first-order valence-electron chi connectivity index (χ1n) is 6.05. The molecule has 0 unspecified atom stereocenters. The highest BCUT2D eigenvalue weighted by molar-refractivity contribution is 5.98. The summed E-state index contributed by atoms with van der Waals surface area (Å²) in [6.07, 6.45) is 0. The molecule has 0 aromatic heterocycles. The molecule has 0 atom stereocenters. The van der Waals surface area contributed by atoms with E-state index in [4.69, 9.17) is 11.5 Å². The summed E-state index contributed by atoms with van der Waals surface area (Å²) in [6.45, 7) is 2.74. The van der Waals surface area contributed by atoms with Crippen LogP contribution in [-0.2, 0) is 6.54 Å². The van der Waals surface area contributed by atoms with Crippen molar-refractivity contribution in [2.24, 2.45) is 5.73 Å². The Hall–Kier alpha value is -2.49. The lowest BCUT2D eigenvalue weighted by molar-refractivity contribution is 0.100. The van der Waals surface area contributed by atoms with Crippen LogP contribution in [0.4, 0.5) is 11.4 Å². The Balaban J connectivity index is 2.12. The maximum atomic E-state index is 11.2. The average Bonchev–Trinajstić information content (AvgIpc) is 2.37. The van der Waals surface area contributed by atoms with E-state index in [1.807, 2.05) is 18.2 Å². The molecule has 19 heavy (non-hydrogen) atoms. The highest BCUT2D eigenvalue weighted by Crippen LogP contribution is 2.18. The fourth-order valence-corrected chi connectivity index (χ4v) is 1.91. The molecule has 0 bridgehead atoms. The highest BCUT2D eigenvalue weighted by atomic mass is 16.1. The third kappa shape index (κ3) is 3.25. The summed E-state index contributed by atoms with van der Waals surface area (Å²) in [5.41, 5.74) is 14.9. The van der Waals surface area contributed by atoms with Crippen molar-refractivity contribution in [3.05, 3.63) is 59.2 Å². The number of nitrogens with one attached hydrogen (secondary N) is 1. The fraction of sp³-hybridized carbons (Fsp3) is 0.133. The molecular formula is C15H17N3O. The zero-order valence-electron chi connectivity index (χ0n) is 10.8. The summed E-state index contributed by atoms with van der Waals surface area (Å²) in [5, 5.41) is 3.25. The van der Waals surface area contributed by atoms with Gasteiger partial charge in [0, 0.05) is 17.9 Å². The van der Waals surface area contributed by atoms with E-state index in [1.165, 1.54) is 11.1 Å². The van der Waals surface area contributed by atoms with Gasteiger partial charge < -0.3 is 16.8 Å². The molecule has 0 aliphatic rings. The van der Waals surface area contributed by atoms with Gasteiger partial charge in [-0.15, -0.1) is 0 Å². The number of anilines is 2. The van der Waals surface area contributed by atoms with E-state index in [1.54, 1.807) is 12.1 Å². The van der Waals surface area contributed by atoms with Crippen molar-refractivity contribution in [3.63, 3.8) is 0 Å². The number of carbonyl (C=O) groups is 1. The van der Waals surface area contributed by atoms with Crippen LogP contribution < -0.4 is 16.8 Å². The second kappa shape index (κ2) is 5.44. The predicted octanol–water partition coefficient (Wildman–Crippen LogP) is 2.29. The van der Waals surface area contributed by atoms with Crippen LogP contribution in [0.3, 0.4) is 0 Å². The smallest absolute Gasteiger partial charge is 0.250 e. The number of hydrogen-bond acceptors (Lipinski definition) is 3. The maximum Gasteiger partial charge on any atom is 0.250 e. The Morgan fingerprint density at radius 3 is 2.68 bits per heavy atom. The number of benzene rings is 2. The SMILES string of the molecule is Cc1cccc(CNc2ccc(N)c(C(N)=O)c2)c1. The summed E-state index contributed by atoms with van der Waals surface area (Å²) < 4.78 is 0. The molecular weight excluding hydrogens is 238 g/mol. The molecule has 2 rings (SSSR count). The average molecular weight is 255 g/mol. The minimum atomic E-state index is -0.517. The first kappa shape index (κ1) is 13.0. The highest BCUT2D eigenvalue weighted by Gasteiger charge is 2.06. The molecule has 2 aromatic rings. The first-order valence-corrected chi connectivity index (χ1v) is 6.05. The topological polar surface area (TPSA) is 81.1 Å². The number of nitrogens with two attached hydrogens (primary N) is 2. The summed E-state index contributed by atoms with van der Waals surface area (Å²) >= 11 is 0. The fourth-order valence-electron chi connectivity index (χ4n) is 1.91. The van der Waals surface area contributed by atoms with E-state index in [2.05, 4.69) is 24.4 Å². The monoisotopic (exact) mass is 255 g/mol. The Bertz CT molecular complexity index is 608. The van der Waals surface area contributed by atoms with Gasteiger partial charge in [0.25, 0.3) is 5.91 Å². The molecule has 0 saturated carbocycles.